The minimum Gasteiger partial charge on any atom is -0.444 e. The quantitative estimate of drug-likeness (QED) is 0.769. The van der Waals surface area contributed by atoms with Gasteiger partial charge in [-0.05, 0) is 39.8 Å². The molecule has 1 heterocycles. The highest BCUT2D eigenvalue weighted by molar-refractivity contribution is 7.86. The predicted octanol–water partition coefficient (Wildman–Crippen LogP) is 2.29. The van der Waals surface area contributed by atoms with Crippen molar-refractivity contribution in [3.63, 3.8) is 0 Å². The molecule has 1 saturated heterocycles. The molecule has 0 N–H and O–H groups in total. The molecular formula is C16H23NO6S. The summed E-state index contributed by atoms with van der Waals surface area (Å²) in [6, 6.07) is 6.34. The molecule has 1 aromatic rings. The Hall–Kier alpha value is -1.64. The number of ether oxygens (including phenoxy) is 2. The van der Waals surface area contributed by atoms with E-state index < -0.39 is 28.0 Å². The minimum absolute atomic E-state index is 0.0647. The molecule has 24 heavy (non-hydrogen) atoms. The number of nitrogens with zero attached hydrogens (tertiary/aromatic N) is 1. The number of hydrogen-bond acceptors (Lipinski definition) is 6. The van der Waals surface area contributed by atoms with Crippen LogP contribution in [-0.2, 0) is 23.8 Å². The second-order valence-corrected chi connectivity index (χ2v) is 8.17. The fourth-order valence-corrected chi connectivity index (χ4v) is 3.01. The smallest absolute Gasteiger partial charge is 0.412 e. The molecule has 0 spiro atoms. The fraction of sp³-hybridized carbons (Fsp3) is 0.562. The zero-order valence-corrected chi connectivity index (χ0v) is 15.1. The summed E-state index contributed by atoms with van der Waals surface area (Å²) in [6.07, 6.45) is -1.35. The van der Waals surface area contributed by atoms with Crippen LogP contribution in [0, 0.1) is 6.92 Å². The molecule has 1 aliphatic heterocycles. The van der Waals surface area contributed by atoms with Crippen molar-refractivity contribution >= 4 is 16.2 Å². The predicted molar refractivity (Wildman–Crippen MR) is 87.0 cm³/mol. The lowest BCUT2D eigenvalue weighted by Gasteiger charge is -2.27. The molecule has 0 radical (unpaired) electrons. The van der Waals surface area contributed by atoms with Crippen LogP contribution in [0.5, 0.6) is 0 Å². The van der Waals surface area contributed by atoms with Crippen molar-refractivity contribution in [2.24, 2.45) is 0 Å². The molecule has 1 aliphatic rings. The Morgan fingerprint density at radius 1 is 1.29 bits per heavy atom. The van der Waals surface area contributed by atoms with E-state index in [-0.39, 0.29) is 11.5 Å². The standard InChI is InChI=1S/C16H23NO6S/c1-12-5-7-13(8-6-12)24(19,20)22-11-14-17(9-10-21-14)15(18)23-16(2,3)4/h5-8,14H,9-11H2,1-4H3. The topological polar surface area (TPSA) is 82.1 Å². The molecule has 0 aliphatic carbocycles. The molecule has 8 heteroatoms. The number of amides is 1. The number of benzene rings is 1. The third-order valence-electron chi connectivity index (χ3n) is 3.29. The molecule has 1 fully saturated rings. The maximum absolute atomic E-state index is 12.2. The zero-order valence-electron chi connectivity index (χ0n) is 14.3. The van der Waals surface area contributed by atoms with Crippen molar-refractivity contribution < 1.29 is 26.9 Å². The molecule has 7 nitrogen and oxygen atoms in total. The van der Waals surface area contributed by atoms with Crippen LogP contribution in [-0.4, -0.2) is 51.0 Å². The Kier molecular flexibility index (Phi) is 5.52. The van der Waals surface area contributed by atoms with Gasteiger partial charge in [-0.1, -0.05) is 17.7 Å². The van der Waals surface area contributed by atoms with Crippen molar-refractivity contribution in [3.8, 4) is 0 Å². The van der Waals surface area contributed by atoms with E-state index in [1.54, 1.807) is 32.9 Å². The van der Waals surface area contributed by atoms with E-state index in [2.05, 4.69) is 0 Å². The molecule has 0 aromatic heterocycles. The normalized spacial score (nSPS) is 18.7. The van der Waals surface area contributed by atoms with E-state index in [4.69, 9.17) is 13.7 Å². The van der Waals surface area contributed by atoms with Crippen LogP contribution in [0.2, 0.25) is 0 Å². The van der Waals surface area contributed by atoms with Gasteiger partial charge in [-0.2, -0.15) is 8.42 Å². The van der Waals surface area contributed by atoms with Crippen LogP contribution in [0.3, 0.4) is 0 Å². The number of rotatable bonds is 4. The number of carbonyl (C=O) groups excluding carboxylic acids is 1. The van der Waals surface area contributed by atoms with Crippen molar-refractivity contribution in [1.29, 1.82) is 0 Å². The summed E-state index contributed by atoms with van der Waals surface area (Å²) in [6.45, 7) is 7.49. The van der Waals surface area contributed by atoms with Gasteiger partial charge in [0.2, 0.25) is 0 Å². The molecule has 2 rings (SSSR count). The van der Waals surface area contributed by atoms with Crippen molar-refractivity contribution in [3.05, 3.63) is 29.8 Å². The monoisotopic (exact) mass is 357 g/mol. The van der Waals surface area contributed by atoms with Gasteiger partial charge in [0.05, 0.1) is 18.0 Å². The number of carbonyl (C=O) groups is 1. The van der Waals surface area contributed by atoms with Gasteiger partial charge in [0.25, 0.3) is 10.1 Å². The van der Waals surface area contributed by atoms with Crippen molar-refractivity contribution in [1.82, 2.24) is 4.90 Å². The van der Waals surface area contributed by atoms with Crippen LogP contribution in [0.25, 0.3) is 0 Å². The highest BCUT2D eigenvalue weighted by Gasteiger charge is 2.34. The number of aryl methyl sites for hydroxylation is 1. The second-order valence-electron chi connectivity index (χ2n) is 6.55. The highest BCUT2D eigenvalue weighted by atomic mass is 32.2. The average molecular weight is 357 g/mol. The van der Waals surface area contributed by atoms with E-state index >= 15 is 0 Å². The molecule has 0 bridgehead atoms. The Morgan fingerprint density at radius 3 is 2.50 bits per heavy atom. The Labute approximate surface area is 142 Å². The molecule has 1 atom stereocenters. The summed E-state index contributed by atoms with van der Waals surface area (Å²) in [5.74, 6) is 0. The van der Waals surface area contributed by atoms with Gasteiger partial charge in [-0.25, -0.2) is 4.79 Å². The average Bonchev–Trinajstić information content (AvgIpc) is 2.92. The van der Waals surface area contributed by atoms with Gasteiger partial charge in [-0.3, -0.25) is 9.08 Å². The molecule has 0 saturated carbocycles. The van der Waals surface area contributed by atoms with E-state index in [0.717, 1.165) is 5.56 Å². The molecular weight excluding hydrogens is 334 g/mol. The largest absolute Gasteiger partial charge is 0.444 e. The second kappa shape index (κ2) is 7.08. The fourth-order valence-electron chi connectivity index (χ4n) is 2.11. The van der Waals surface area contributed by atoms with Gasteiger partial charge in [0.15, 0.2) is 6.23 Å². The molecule has 1 aromatic carbocycles. The highest BCUT2D eigenvalue weighted by Crippen LogP contribution is 2.19. The van der Waals surface area contributed by atoms with Crippen LogP contribution < -0.4 is 0 Å². The first-order chi connectivity index (χ1) is 11.1. The van der Waals surface area contributed by atoms with Gasteiger partial charge < -0.3 is 9.47 Å². The first kappa shape index (κ1) is 18.7. The zero-order chi connectivity index (χ0) is 18.0. The Bertz CT molecular complexity index is 678. The summed E-state index contributed by atoms with van der Waals surface area (Å²) in [5, 5.41) is 0. The van der Waals surface area contributed by atoms with E-state index in [9.17, 15) is 13.2 Å². The van der Waals surface area contributed by atoms with Gasteiger partial charge in [0.1, 0.15) is 12.2 Å². The first-order valence-electron chi connectivity index (χ1n) is 7.66. The minimum atomic E-state index is -3.91. The molecule has 134 valence electrons. The lowest BCUT2D eigenvalue weighted by molar-refractivity contribution is -0.0245. The summed E-state index contributed by atoms with van der Waals surface area (Å²) in [5.41, 5.74) is 0.308. The summed E-state index contributed by atoms with van der Waals surface area (Å²) in [4.78, 5) is 13.5. The van der Waals surface area contributed by atoms with Crippen LogP contribution in [0.4, 0.5) is 4.79 Å². The van der Waals surface area contributed by atoms with Crippen LogP contribution in [0.1, 0.15) is 26.3 Å². The van der Waals surface area contributed by atoms with Crippen LogP contribution >= 0.6 is 0 Å². The summed E-state index contributed by atoms with van der Waals surface area (Å²) in [7, 11) is -3.91. The van der Waals surface area contributed by atoms with Crippen LogP contribution in [0.15, 0.2) is 29.2 Å². The molecule has 1 unspecified atom stereocenters. The number of hydrogen-bond donors (Lipinski definition) is 0. The van der Waals surface area contributed by atoms with Gasteiger partial charge in [-0.15, -0.1) is 0 Å². The first-order valence-corrected chi connectivity index (χ1v) is 9.07. The lowest BCUT2D eigenvalue weighted by Crippen LogP contribution is -2.42. The third kappa shape index (κ3) is 4.93. The third-order valence-corrected chi connectivity index (χ3v) is 4.59. The van der Waals surface area contributed by atoms with E-state index in [1.807, 2.05) is 6.92 Å². The van der Waals surface area contributed by atoms with Crippen molar-refractivity contribution in [2.45, 2.75) is 44.4 Å². The maximum Gasteiger partial charge on any atom is 0.412 e. The lowest BCUT2D eigenvalue weighted by atomic mass is 10.2. The SMILES string of the molecule is Cc1ccc(S(=O)(=O)OCC2OCCN2C(=O)OC(C)(C)C)cc1. The van der Waals surface area contributed by atoms with Gasteiger partial charge >= 0.3 is 6.09 Å². The summed E-state index contributed by atoms with van der Waals surface area (Å²) >= 11 is 0. The summed E-state index contributed by atoms with van der Waals surface area (Å²) < 4.78 is 40.1. The van der Waals surface area contributed by atoms with E-state index in [1.165, 1.54) is 17.0 Å². The van der Waals surface area contributed by atoms with Crippen molar-refractivity contribution in [2.75, 3.05) is 19.8 Å². The maximum atomic E-state index is 12.2. The Balaban J connectivity index is 1.99. The van der Waals surface area contributed by atoms with E-state index in [0.29, 0.717) is 13.2 Å². The molecule has 1 amide bonds. The Morgan fingerprint density at radius 2 is 1.92 bits per heavy atom. The van der Waals surface area contributed by atoms with Gasteiger partial charge in [0, 0.05) is 0 Å².